The normalized spacial score (nSPS) is 16.1. The third-order valence-electron chi connectivity index (χ3n) is 3.56. The van der Waals surface area contributed by atoms with Gasteiger partial charge in [0.25, 0.3) is 11.1 Å². The molecule has 3 rings (SSSR count). The molecule has 6 heteroatoms. The molecule has 0 aromatic heterocycles. The van der Waals surface area contributed by atoms with E-state index in [1.807, 2.05) is 43.3 Å². The molecule has 0 radical (unpaired) electrons. The Morgan fingerprint density at radius 2 is 1.83 bits per heavy atom. The molecule has 1 N–H and O–H groups in total. The summed E-state index contributed by atoms with van der Waals surface area (Å²) in [4.78, 5) is 26.1. The van der Waals surface area contributed by atoms with Crippen LogP contribution in [0.3, 0.4) is 0 Å². The van der Waals surface area contributed by atoms with Gasteiger partial charge in [0, 0.05) is 10.7 Å². The van der Waals surface area contributed by atoms with Gasteiger partial charge in [-0.25, -0.2) is 0 Å². The predicted octanol–water partition coefficient (Wildman–Crippen LogP) is 4.75. The molecule has 1 fully saturated rings. The van der Waals surface area contributed by atoms with Crippen LogP contribution >= 0.6 is 23.4 Å². The van der Waals surface area contributed by atoms with Crippen LogP contribution in [-0.4, -0.2) is 22.7 Å². The maximum absolute atomic E-state index is 12.4. The highest BCUT2D eigenvalue weighted by Gasteiger charge is 2.34. The molecular formula is C18H15ClN2O2S. The van der Waals surface area contributed by atoms with Gasteiger partial charge in [-0.15, -0.1) is 0 Å². The van der Waals surface area contributed by atoms with Crippen molar-refractivity contribution in [3.05, 3.63) is 69.6 Å². The smallest absolute Gasteiger partial charge is 0.295 e. The van der Waals surface area contributed by atoms with Crippen LogP contribution in [0.15, 0.2) is 53.4 Å². The monoisotopic (exact) mass is 358 g/mol. The lowest BCUT2D eigenvalue weighted by Crippen LogP contribution is -2.33. The topological polar surface area (TPSA) is 49.4 Å². The second-order valence-electron chi connectivity index (χ2n) is 5.33. The van der Waals surface area contributed by atoms with Gasteiger partial charge in [0.1, 0.15) is 0 Å². The maximum Gasteiger partial charge on any atom is 0.295 e. The Kier molecular flexibility index (Phi) is 4.92. The van der Waals surface area contributed by atoms with Crippen LogP contribution < -0.4 is 5.32 Å². The van der Waals surface area contributed by atoms with E-state index in [-0.39, 0.29) is 17.8 Å². The molecule has 24 heavy (non-hydrogen) atoms. The quantitative estimate of drug-likeness (QED) is 0.801. The molecule has 1 aliphatic heterocycles. The van der Waals surface area contributed by atoms with Gasteiger partial charge < -0.3 is 5.32 Å². The predicted molar refractivity (Wildman–Crippen MR) is 98.9 cm³/mol. The summed E-state index contributed by atoms with van der Waals surface area (Å²) in [5.41, 5.74) is 2.72. The van der Waals surface area contributed by atoms with Crippen LogP contribution in [0, 0.1) is 6.92 Å². The van der Waals surface area contributed by atoms with Crippen molar-refractivity contribution >= 4 is 46.3 Å². The molecule has 1 heterocycles. The van der Waals surface area contributed by atoms with E-state index in [1.165, 1.54) is 4.90 Å². The Morgan fingerprint density at radius 3 is 2.54 bits per heavy atom. The standard InChI is InChI=1S/C18H15ClN2O2S/c1-12-6-8-14(9-7-12)20-11-21-17(22)16(24-18(21)23)10-13-4-2-3-5-15(13)19/h2-10,20H,11H2,1H3. The Hall–Kier alpha value is -2.24. The number of imide groups is 1. The summed E-state index contributed by atoms with van der Waals surface area (Å²) in [6.07, 6.45) is 1.65. The van der Waals surface area contributed by atoms with E-state index >= 15 is 0 Å². The number of benzene rings is 2. The van der Waals surface area contributed by atoms with Gasteiger partial charge in [-0.05, 0) is 48.5 Å². The average Bonchev–Trinajstić information content (AvgIpc) is 2.83. The number of rotatable bonds is 4. The van der Waals surface area contributed by atoms with Gasteiger partial charge in [0.15, 0.2) is 0 Å². The SMILES string of the molecule is Cc1ccc(NCN2C(=O)SC(=Cc3ccccc3Cl)C2=O)cc1. The van der Waals surface area contributed by atoms with Crippen LogP contribution in [0.5, 0.6) is 0 Å². The summed E-state index contributed by atoms with van der Waals surface area (Å²) in [6.45, 7) is 2.13. The minimum atomic E-state index is -0.315. The molecule has 0 spiro atoms. The summed E-state index contributed by atoms with van der Waals surface area (Å²) in [7, 11) is 0. The largest absolute Gasteiger partial charge is 0.367 e. The fourth-order valence-corrected chi connectivity index (χ4v) is 3.23. The number of halogens is 1. The summed E-state index contributed by atoms with van der Waals surface area (Å²) in [5, 5.41) is 3.34. The van der Waals surface area contributed by atoms with Crippen molar-refractivity contribution in [3.63, 3.8) is 0 Å². The van der Waals surface area contributed by atoms with E-state index in [1.54, 1.807) is 18.2 Å². The Morgan fingerprint density at radius 1 is 1.12 bits per heavy atom. The summed E-state index contributed by atoms with van der Waals surface area (Å²) in [5.74, 6) is -0.315. The molecule has 1 aliphatic rings. The number of nitrogens with zero attached hydrogens (tertiary/aromatic N) is 1. The highest BCUT2D eigenvalue weighted by Crippen LogP contribution is 2.33. The number of hydrogen-bond acceptors (Lipinski definition) is 4. The van der Waals surface area contributed by atoms with E-state index in [0.29, 0.717) is 9.93 Å². The van der Waals surface area contributed by atoms with Crippen molar-refractivity contribution in [2.24, 2.45) is 0 Å². The third kappa shape index (κ3) is 3.63. The van der Waals surface area contributed by atoms with E-state index in [4.69, 9.17) is 11.6 Å². The second kappa shape index (κ2) is 7.11. The van der Waals surface area contributed by atoms with Crippen LogP contribution in [0.2, 0.25) is 5.02 Å². The van der Waals surface area contributed by atoms with Gasteiger partial charge in [0.05, 0.1) is 11.6 Å². The van der Waals surface area contributed by atoms with E-state index in [9.17, 15) is 9.59 Å². The van der Waals surface area contributed by atoms with Gasteiger partial charge in [-0.2, -0.15) is 0 Å². The molecule has 0 unspecified atom stereocenters. The first kappa shape index (κ1) is 16.6. The number of thioether (sulfide) groups is 1. The average molecular weight is 359 g/mol. The summed E-state index contributed by atoms with van der Waals surface area (Å²) >= 11 is 7.02. The van der Waals surface area contributed by atoms with E-state index in [2.05, 4.69) is 5.32 Å². The molecule has 0 saturated carbocycles. The third-order valence-corrected chi connectivity index (χ3v) is 4.81. The summed E-state index contributed by atoms with van der Waals surface area (Å²) < 4.78 is 0. The Labute approximate surface area is 149 Å². The first-order valence-corrected chi connectivity index (χ1v) is 8.54. The van der Waals surface area contributed by atoms with Crippen molar-refractivity contribution in [1.29, 1.82) is 0 Å². The minimum absolute atomic E-state index is 0.133. The zero-order chi connectivity index (χ0) is 17.1. The first-order chi connectivity index (χ1) is 11.5. The zero-order valence-electron chi connectivity index (χ0n) is 13.0. The van der Waals surface area contributed by atoms with Crippen molar-refractivity contribution in [2.75, 3.05) is 12.0 Å². The lowest BCUT2D eigenvalue weighted by Gasteiger charge is -2.14. The Balaban J connectivity index is 1.72. The Bertz CT molecular complexity index is 818. The molecule has 2 aromatic rings. The van der Waals surface area contributed by atoms with Crippen LogP contribution in [0.1, 0.15) is 11.1 Å². The van der Waals surface area contributed by atoms with Crippen molar-refractivity contribution in [2.45, 2.75) is 6.92 Å². The molecule has 122 valence electrons. The second-order valence-corrected chi connectivity index (χ2v) is 6.73. The highest BCUT2D eigenvalue weighted by molar-refractivity contribution is 8.18. The maximum atomic E-state index is 12.4. The molecular weight excluding hydrogens is 344 g/mol. The number of amides is 2. The number of carbonyl (C=O) groups is 2. The fourth-order valence-electron chi connectivity index (χ4n) is 2.21. The molecule has 0 aliphatic carbocycles. The zero-order valence-corrected chi connectivity index (χ0v) is 14.5. The van der Waals surface area contributed by atoms with Gasteiger partial charge in [-0.1, -0.05) is 47.5 Å². The number of hydrogen-bond donors (Lipinski definition) is 1. The van der Waals surface area contributed by atoms with Gasteiger partial charge in [0.2, 0.25) is 0 Å². The van der Waals surface area contributed by atoms with Crippen molar-refractivity contribution in [3.8, 4) is 0 Å². The summed E-state index contributed by atoms with van der Waals surface area (Å²) in [6, 6.07) is 15.0. The van der Waals surface area contributed by atoms with Gasteiger partial charge >= 0.3 is 0 Å². The van der Waals surface area contributed by atoms with Crippen molar-refractivity contribution < 1.29 is 9.59 Å². The molecule has 0 atom stereocenters. The highest BCUT2D eigenvalue weighted by atomic mass is 35.5. The lowest BCUT2D eigenvalue weighted by molar-refractivity contribution is -0.122. The number of carbonyl (C=O) groups excluding carboxylic acids is 2. The van der Waals surface area contributed by atoms with Crippen molar-refractivity contribution in [1.82, 2.24) is 4.90 Å². The van der Waals surface area contributed by atoms with Crippen LogP contribution in [0.25, 0.3) is 6.08 Å². The minimum Gasteiger partial charge on any atom is -0.367 e. The van der Waals surface area contributed by atoms with Crippen LogP contribution in [0.4, 0.5) is 10.5 Å². The number of aryl methyl sites for hydroxylation is 1. The van der Waals surface area contributed by atoms with E-state index in [0.717, 1.165) is 28.6 Å². The number of anilines is 1. The fraction of sp³-hybridized carbons (Fsp3) is 0.111. The first-order valence-electron chi connectivity index (χ1n) is 7.35. The molecule has 1 saturated heterocycles. The molecule has 4 nitrogen and oxygen atoms in total. The van der Waals surface area contributed by atoms with Crippen LogP contribution in [-0.2, 0) is 4.79 Å². The number of nitrogens with one attached hydrogen (secondary N) is 1. The molecule has 0 bridgehead atoms. The molecule has 2 aromatic carbocycles. The van der Waals surface area contributed by atoms with E-state index < -0.39 is 0 Å². The molecule has 2 amide bonds. The van der Waals surface area contributed by atoms with Gasteiger partial charge in [-0.3, -0.25) is 14.5 Å². The lowest BCUT2D eigenvalue weighted by atomic mass is 10.2.